The van der Waals surface area contributed by atoms with Crippen molar-refractivity contribution in [1.82, 2.24) is 0 Å². The number of nitrogens with zero attached hydrogens (tertiary/aromatic N) is 1. The summed E-state index contributed by atoms with van der Waals surface area (Å²) in [6.45, 7) is 2.35. The van der Waals surface area contributed by atoms with E-state index in [-0.39, 0.29) is 5.57 Å². The number of rotatable bonds is 7. The maximum absolute atomic E-state index is 12.6. The smallest absolute Gasteiger partial charge is 0.266 e. The molecule has 3 rings (SSSR count). The number of aryl methyl sites for hydroxylation is 1. The third-order valence-electron chi connectivity index (χ3n) is 4.48. The minimum absolute atomic E-state index is 0.0782. The van der Waals surface area contributed by atoms with Crippen LogP contribution in [0.1, 0.15) is 16.7 Å². The van der Waals surface area contributed by atoms with Crippen molar-refractivity contribution < 1.29 is 14.3 Å². The van der Waals surface area contributed by atoms with Gasteiger partial charge < -0.3 is 14.8 Å². The number of carbonyl (C=O) groups is 1. The first-order chi connectivity index (χ1) is 15.0. The zero-order valence-electron chi connectivity index (χ0n) is 17.2. The van der Waals surface area contributed by atoms with Crippen LogP contribution >= 0.6 is 11.6 Å². The zero-order chi connectivity index (χ0) is 22.2. The number of carbonyl (C=O) groups excluding carboxylic acids is 1. The van der Waals surface area contributed by atoms with E-state index < -0.39 is 5.91 Å². The quantitative estimate of drug-likeness (QED) is 0.379. The van der Waals surface area contributed by atoms with Crippen LogP contribution in [0.2, 0.25) is 5.02 Å². The largest absolute Gasteiger partial charge is 0.497 e. The van der Waals surface area contributed by atoms with Crippen molar-refractivity contribution in [3.8, 4) is 17.6 Å². The van der Waals surface area contributed by atoms with Gasteiger partial charge >= 0.3 is 0 Å². The highest BCUT2D eigenvalue weighted by molar-refractivity contribution is 6.34. The molecule has 1 N–H and O–H groups in total. The molecule has 0 fully saturated rings. The molecule has 0 aliphatic heterocycles. The van der Waals surface area contributed by atoms with E-state index in [1.165, 1.54) is 6.08 Å². The van der Waals surface area contributed by atoms with Crippen LogP contribution in [0.25, 0.3) is 6.08 Å². The van der Waals surface area contributed by atoms with Crippen molar-refractivity contribution in [3.05, 3.63) is 94.0 Å². The highest BCUT2D eigenvalue weighted by Gasteiger charge is 2.13. The lowest BCUT2D eigenvalue weighted by molar-refractivity contribution is -0.112. The predicted molar refractivity (Wildman–Crippen MR) is 122 cm³/mol. The van der Waals surface area contributed by atoms with Gasteiger partial charge in [-0.05, 0) is 42.8 Å². The van der Waals surface area contributed by atoms with Crippen LogP contribution in [0.4, 0.5) is 5.69 Å². The zero-order valence-corrected chi connectivity index (χ0v) is 17.9. The van der Waals surface area contributed by atoms with Crippen LogP contribution in [0.5, 0.6) is 11.5 Å². The first-order valence-corrected chi connectivity index (χ1v) is 9.92. The van der Waals surface area contributed by atoms with Gasteiger partial charge in [-0.3, -0.25) is 4.79 Å². The van der Waals surface area contributed by atoms with E-state index in [2.05, 4.69) is 5.32 Å². The molecule has 0 unspecified atom stereocenters. The Morgan fingerprint density at radius 2 is 1.94 bits per heavy atom. The molecular weight excluding hydrogens is 412 g/mol. The molecule has 3 aromatic carbocycles. The van der Waals surface area contributed by atoms with Gasteiger partial charge in [-0.1, -0.05) is 53.6 Å². The van der Waals surface area contributed by atoms with E-state index in [4.69, 9.17) is 21.1 Å². The maximum Gasteiger partial charge on any atom is 0.266 e. The number of hydrogen-bond donors (Lipinski definition) is 1. The van der Waals surface area contributed by atoms with Gasteiger partial charge in [-0.25, -0.2) is 0 Å². The van der Waals surface area contributed by atoms with Crippen LogP contribution in [0.3, 0.4) is 0 Å². The number of anilines is 1. The Hall–Kier alpha value is -3.75. The molecule has 0 radical (unpaired) electrons. The molecule has 0 aromatic heterocycles. The summed E-state index contributed by atoms with van der Waals surface area (Å²) < 4.78 is 11.3. The minimum atomic E-state index is -0.559. The number of para-hydroxylation sites is 1. The Bertz CT molecular complexity index is 1170. The second kappa shape index (κ2) is 10.3. The van der Waals surface area contributed by atoms with Crippen LogP contribution in [-0.4, -0.2) is 13.0 Å². The van der Waals surface area contributed by atoms with Gasteiger partial charge in [-0.2, -0.15) is 5.26 Å². The van der Waals surface area contributed by atoms with Crippen molar-refractivity contribution in [2.45, 2.75) is 13.5 Å². The lowest BCUT2D eigenvalue weighted by atomic mass is 10.1. The molecule has 6 heteroatoms. The van der Waals surface area contributed by atoms with Gasteiger partial charge in [0.25, 0.3) is 5.91 Å². The average Bonchev–Trinajstić information content (AvgIpc) is 2.78. The lowest BCUT2D eigenvalue weighted by Crippen LogP contribution is -2.13. The number of hydrogen-bond acceptors (Lipinski definition) is 4. The highest BCUT2D eigenvalue weighted by Crippen LogP contribution is 2.28. The molecule has 0 bridgehead atoms. The van der Waals surface area contributed by atoms with Crippen molar-refractivity contribution in [2.24, 2.45) is 0 Å². The second-order valence-electron chi connectivity index (χ2n) is 6.79. The number of nitrogens with one attached hydrogen (secondary N) is 1. The topological polar surface area (TPSA) is 71.3 Å². The van der Waals surface area contributed by atoms with Gasteiger partial charge in [0.2, 0.25) is 0 Å². The van der Waals surface area contributed by atoms with Gasteiger partial charge in [0, 0.05) is 11.6 Å². The van der Waals surface area contributed by atoms with E-state index in [0.717, 1.165) is 11.1 Å². The van der Waals surface area contributed by atoms with E-state index in [0.29, 0.717) is 34.4 Å². The molecule has 0 aliphatic carbocycles. The number of ether oxygens (including phenoxy) is 2. The number of halogens is 1. The molecule has 0 saturated carbocycles. The van der Waals surface area contributed by atoms with E-state index in [9.17, 15) is 10.1 Å². The summed E-state index contributed by atoms with van der Waals surface area (Å²) in [6, 6.07) is 22.0. The summed E-state index contributed by atoms with van der Waals surface area (Å²) in [5.74, 6) is 0.547. The Balaban J connectivity index is 1.87. The monoisotopic (exact) mass is 432 g/mol. The summed E-state index contributed by atoms with van der Waals surface area (Å²) >= 11 is 6.09. The molecule has 31 heavy (non-hydrogen) atoms. The third kappa shape index (κ3) is 5.88. The fraction of sp³-hybridized carbons (Fsp3) is 0.120. The van der Waals surface area contributed by atoms with Crippen LogP contribution in [0, 0.1) is 18.3 Å². The maximum atomic E-state index is 12.6. The van der Waals surface area contributed by atoms with Crippen molar-refractivity contribution in [1.29, 1.82) is 5.26 Å². The summed E-state index contributed by atoms with van der Waals surface area (Å²) in [6.07, 6.45) is 1.48. The van der Waals surface area contributed by atoms with Crippen LogP contribution in [0.15, 0.2) is 72.3 Å². The highest BCUT2D eigenvalue weighted by atomic mass is 35.5. The normalized spacial score (nSPS) is 10.8. The van der Waals surface area contributed by atoms with Gasteiger partial charge in [0.1, 0.15) is 29.7 Å². The Morgan fingerprint density at radius 1 is 1.13 bits per heavy atom. The fourth-order valence-corrected chi connectivity index (χ4v) is 3.09. The summed E-state index contributed by atoms with van der Waals surface area (Å²) in [4.78, 5) is 12.6. The number of benzene rings is 3. The molecule has 156 valence electrons. The summed E-state index contributed by atoms with van der Waals surface area (Å²) in [5.41, 5.74) is 3.08. The molecule has 0 spiro atoms. The number of methoxy groups -OCH3 is 1. The summed E-state index contributed by atoms with van der Waals surface area (Å²) in [5, 5.41) is 12.6. The van der Waals surface area contributed by atoms with Crippen LogP contribution in [-0.2, 0) is 11.4 Å². The first-order valence-electron chi connectivity index (χ1n) is 9.54. The average molecular weight is 433 g/mol. The lowest BCUT2D eigenvalue weighted by Gasteiger charge is -2.12. The summed E-state index contributed by atoms with van der Waals surface area (Å²) in [7, 11) is 1.56. The van der Waals surface area contributed by atoms with Gasteiger partial charge in [0.05, 0.1) is 17.8 Å². The molecule has 5 nitrogen and oxygen atoms in total. The number of nitriles is 1. The Morgan fingerprint density at radius 3 is 2.65 bits per heavy atom. The SMILES string of the molecule is COc1ccc(/C=C(\C#N)C(=O)Nc2ccccc2Cl)c(OCc2cccc(C)c2)c1. The Kier molecular flexibility index (Phi) is 7.31. The second-order valence-corrected chi connectivity index (χ2v) is 7.19. The van der Waals surface area contributed by atoms with E-state index >= 15 is 0 Å². The number of amides is 1. The molecule has 0 aliphatic rings. The first kappa shape index (κ1) is 21.9. The van der Waals surface area contributed by atoms with E-state index in [1.54, 1.807) is 49.6 Å². The molecule has 3 aromatic rings. The predicted octanol–water partition coefficient (Wildman–Crippen LogP) is 5.78. The molecule has 0 atom stereocenters. The van der Waals surface area contributed by atoms with E-state index in [1.807, 2.05) is 37.3 Å². The third-order valence-corrected chi connectivity index (χ3v) is 4.81. The molecule has 1 amide bonds. The Labute approximate surface area is 186 Å². The van der Waals surface area contributed by atoms with Crippen LogP contribution < -0.4 is 14.8 Å². The van der Waals surface area contributed by atoms with Gasteiger partial charge in [-0.15, -0.1) is 0 Å². The van der Waals surface area contributed by atoms with Crippen molar-refractivity contribution in [2.75, 3.05) is 12.4 Å². The molecule has 0 saturated heterocycles. The van der Waals surface area contributed by atoms with Crippen molar-refractivity contribution in [3.63, 3.8) is 0 Å². The minimum Gasteiger partial charge on any atom is -0.497 e. The molecular formula is C25H21ClN2O3. The van der Waals surface area contributed by atoms with Gasteiger partial charge in [0.15, 0.2) is 0 Å². The standard InChI is InChI=1S/C25H21ClN2O3/c1-17-6-5-7-18(12-17)16-31-24-14-21(30-2)11-10-19(24)13-20(15-27)25(29)28-23-9-4-3-8-22(23)26/h3-14H,16H2,1-2H3,(H,28,29)/b20-13+. The molecule has 0 heterocycles. The van der Waals surface area contributed by atoms with Crippen molar-refractivity contribution >= 4 is 29.3 Å². The fourth-order valence-electron chi connectivity index (χ4n) is 2.91.